The van der Waals surface area contributed by atoms with Gasteiger partial charge < -0.3 is 30.6 Å². The van der Waals surface area contributed by atoms with Gasteiger partial charge in [0.05, 0.1) is 18.3 Å². The van der Waals surface area contributed by atoms with Crippen LogP contribution in [0.1, 0.15) is 86.0 Å². The van der Waals surface area contributed by atoms with E-state index in [-0.39, 0.29) is 24.2 Å². The summed E-state index contributed by atoms with van der Waals surface area (Å²) in [5, 5.41) is 67.2. The Balaban J connectivity index is 1.70. The van der Waals surface area contributed by atoms with Crippen molar-refractivity contribution in [3.05, 3.63) is 11.6 Å². The van der Waals surface area contributed by atoms with Crippen molar-refractivity contribution < 1.29 is 30.6 Å². The van der Waals surface area contributed by atoms with Crippen LogP contribution in [0.15, 0.2) is 11.6 Å². The summed E-state index contributed by atoms with van der Waals surface area (Å²) in [4.78, 5) is 0. The quantitative estimate of drug-likeness (QED) is 0.346. The highest BCUT2D eigenvalue weighted by Gasteiger charge is 2.74. The van der Waals surface area contributed by atoms with Crippen LogP contribution in [0, 0.1) is 34.5 Å². The minimum atomic E-state index is -1.83. The molecule has 6 heteroatoms. The van der Waals surface area contributed by atoms with E-state index in [1.807, 2.05) is 0 Å². The number of rotatable bonds is 5. The van der Waals surface area contributed by atoms with E-state index in [0.717, 1.165) is 19.3 Å². The Morgan fingerprint density at radius 2 is 1.55 bits per heavy atom. The second-order valence-electron chi connectivity index (χ2n) is 12.9. The molecule has 0 aliphatic heterocycles. The molecule has 6 nitrogen and oxygen atoms in total. The van der Waals surface area contributed by atoms with Crippen LogP contribution in [0.3, 0.4) is 0 Å². The Morgan fingerprint density at radius 1 is 0.909 bits per heavy atom. The van der Waals surface area contributed by atoms with Crippen molar-refractivity contribution in [1.82, 2.24) is 0 Å². The first kappa shape index (κ1) is 25.6. The SMILES string of the molecule is CC(C)CCCC(C)C1CCC2C3=CC(O)C4(O)CC(O)C(O)CC4(C)C3(O)C(O)CC21C. The number of fused-ring (bicyclic) bond motifs is 5. The zero-order valence-corrected chi connectivity index (χ0v) is 21.0. The molecule has 0 radical (unpaired) electrons. The molecule has 6 N–H and O–H groups in total. The predicted octanol–water partition coefficient (Wildman–Crippen LogP) is 2.53. The first-order chi connectivity index (χ1) is 15.2. The standard InChI is InChI=1S/C27H46O6/c1-15(2)7-6-8-16(3)17-9-10-18-19-11-22(30)26(32)13-21(29)20(28)12-25(26,5)27(19,33)23(31)14-24(17,18)4/h11,15-18,20-23,28-33H,6-10,12-14H2,1-5H3. The molecule has 3 fully saturated rings. The van der Waals surface area contributed by atoms with Gasteiger partial charge in [0.1, 0.15) is 17.3 Å². The minimum Gasteiger partial charge on any atom is -0.390 e. The third-order valence-corrected chi connectivity index (χ3v) is 10.7. The molecule has 4 aliphatic carbocycles. The van der Waals surface area contributed by atoms with Crippen LogP contribution < -0.4 is 0 Å². The van der Waals surface area contributed by atoms with Crippen LogP contribution in [-0.2, 0) is 0 Å². The highest BCUT2D eigenvalue weighted by atomic mass is 16.4. The molecule has 0 heterocycles. The van der Waals surface area contributed by atoms with E-state index in [9.17, 15) is 30.6 Å². The maximum absolute atomic E-state index is 12.2. The molecule has 3 saturated carbocycles. The van der Waals surface area contributed by atoms with E-state index in [1.165, 1.54) is 12.8 Å². The molecule has 4 aliphatic rings. The summed E-state index contributed by atoms with van der Waals surface area (Å²) in [6.45, 7) is 10.7. The third kappa shape index (κ3) is 3.42. The number of hydrogen-bond donors (Lipinski definition) is 6. The van der Waals surface area contributed by atoms with Crippen molar-refractivity contribution in [2.75, 3.05) is 0 Å². The fourth-order valence-electron chi connectivity index (χ4n) is 8.66. The molecule has 0 aromatic carbocycles. The topological polar surface area (TPSA) is 121 Å². The van der Waals surface area contributed by atoms with E-state index in [4.69, 9.17) is 0 Å². The Bertz CT molecular complexity index is 783. The lowest BCUT2D eigenvalue weighted by Crippen LogP contribution is -2.77. The lowest BCUT2D eigenvalue weighted by Gasteiger charge is -2.67. The van der Waals surface area contributed by atoms with Gasteiger partial charge in [0, 0.05) is 11.8 Å². The molecule has 0 aromatic heterocycles. The number of aliphatic hydroxyl groups excluding tert-OH is 4. The maximum Gasteiger partial charge on any atom is 0.120 e. The normalized spacial score (nSPS) is 52.7. The van der Waals surface area contributed by atoms with Crippen LogP contribution in [0.2, 0.25) is 0 Å². The van der Waals surface area contributed by atoms with E-state index < -0.39 is 41.0 Å². The van der Waals surface area contributed by atoms with Gasteiger partial charge in [-0.25, -0.2) is 0 Å². The third-order valence-electron chi connectivity index (χ3n) is 10.7. The predicted molar refractivity (Wildman–Crippen MR) is 126 cm³/mol. The molecule has 4 rings (SSSR count). The molecule has 11 unspecified atom stereocenters. The van der Waals surface area contributed by atoms with Crippen molar-refractivity contribution >= 4 is 0 Å². The van der Waals surface area contributed by atoms with Crippen LogP contribution in [0.4, 0.5) is 0 Å². The van der Waals surface area contributed by atoms with E-state index in [2.05, 4.69) is 27.7 Å². The first-order valence-corrected chi connectivity index (χ1v) is 13.1. The summed E-state index contributed by atoms with van der Waals surface area (Å²) in [6.07, 6.45) is 2.37. The maximum atomic E-state index is 12.2. The van der Waals surface area contributed by atoms with Gasteiger partial charge in [-0.15, -0.1) is 0 Å². The van der Waals surface area contributed by atoms with Crippen molar-refractivity contribution in [2.24, 2.45) is 34.5 Å². The van der Waals surface area contributed by atoms with Crippen molar-refractivity contribution in [1.29, 1.82) is 0 Å². The fourth-order valence-corrected chi connectivity index (χ4v) is 8.66. The molecule has 0 saturated heterocycles. The second kappa shape index (κ2) is 8.28. The molecular weight excluding hydrogens is 420 g/mol. The Kier molecular flexibility index (Phi) is 6.42. The molecule has 0 bridgehead atoms. The van der Waals surface area contributed by atoms with Crippen LogP contribution >= 0.6 is 0 Å². The van der Waals surface area contributed by atoms with Gasteiger partial charge in [-0.2, -0.15) is 0 Å². The average molecular weight is 467 g/mol. The van der Waals surface area contributed by atoms with Gasteiger partial charge in [-0.05, 0) is 60.3 Å². The molecule has 0 amide bonds. The zero-order chi connectivity index (χ0) is 24.6. The van der Waals surface area contributed by atoms with Gasteiger partial charge in [0.25, 0.3) is 0 Å². The highest BCUT2D eigenvalue weighted by Crippen LogP contribution is 2.69. The van der Waals surface area contributed by atoms with Crippen molar-refractivity contribution in [2.45, 2.75) is 122 Å². The fraction of sp³-hybridized carbons (Fsp3) is 0.926. The summed E-state index contributed by atoms with van der Waals surface area (Å²) >= 11 is 0. The molecular formula is C27H46O6. The average Bonchev–Trinajstić information content (AvgIpc) is 3.04. The molecule has 0 aromatic rings. The van der Waals surface area contributed by atoms with Crippen LogP contribution in [0.5, 0.6) is 0 Å². The highest BCUT2D eigenvalue weighted by molar-refractivity contribution is 5.42. The lowest BCUT2D eigenvalue weighted by atomic mass is 9.42. The Morgan fingerprint density at radius 3 is 2.18 bits per heavy atom. The number of aliphatic hydroxyl groups is 6. The van der Waals surface area contributed by atoms with Gasteiger partial charge in [-0.1, -0.05) is 60.0 Å². The van der Waals surface area contributed by atoms with Gasteiger partial charge in [0.15, 0.2) is 0 Å². The zero-order valence-electron chi connectivity index (χ0n) is 21.0. The van der Waals surface area contributed by atoms with Crippen LogP contribution in [0.25, 0.3) is 0 Å². The van der Waals surface area contributed by atoms with Gasteiger partial charge in [0.2, 0.25) is 0 Å². The minimum absolute atomic E-state index is 0.00321. The van der Waals surface area contributed by atoms with E-state index in [1.54, 1.807) is 13.0 Å². The van der Waals surface area contributed by atoms with Crippen molar-refractivity contribution in [3.8, 4) is 0 Å². The summed E-state index contributed by atoms with van der Waals surface area (Å²) in [7, 11) is 0. The first-order valence-electron chi connectivity index (χ1n) is 13.1. The Hall–Kier alpha value is -0.500. The smallest absolute Gasteiger partial charge is 0.120 e. The molecule has 190 valence electrons. The second-order valence-corrected chi connectivity index (χ2v) is 12.9. The molecule has 0 spiro atoms. The summed E-state index contributed by atoms with van der Waals surface area (Å²) in [5.74, 6) is 1.61. The van der Waals surface area contributed by atoms with Gasteiger partial charge in [-0.3, -0.25) is 0 Å². The summed E-state index contributed by atoms with van der Waals surface area (Å²) in [6, 6.07) is 0. The summed E-state index contributed by atoms with van der Waals surface area (Å²) < 4.78 is 0. The van der Waals surface area contributed by atoms with Crippen LogP contribution in [-0.4, -0.2) is 66.3 Å². The van der Waals surface area contributed by atoms with Crippen molar-refractivity contribution in [3.63, 3.8) is 0 Å². The van der Waals surface area contributed by atoms with Gasteiger partial charge >= 0.3 is 0 Å². The van der Waals surface area contributed by atoms with E-state index >= 15 is 0 Å². The molecule has 11 atom stereocenters. The lowest BCUT2D eigenvalue weighted by molar-refractivity contribution is -0.295. The number of hydrogen-bond acceptors (Lipinski definition) is 6. The molecule has 33 heavy (non-hydrogen) atoms. The summed E-state index contributed by atoms with van der Waals surface area (Å²) in [5.41, 5.74) is -4.55. The largest absolute Gasteiger partial charge is 0.390 e. The Labute approximate surface area is 198 Å². The van der Waals surface area contributed by atoms with E-state index in [0.29, 0.717) is 29.7 Å². The monoisotopic (exact) mass is 466 g/mol.